The van der Waals surface area contributed by atoms with Crippen molar-refractivity contribution >= 4 is 5.91 Å². The summed E-state index contributed by atoms with van der Waals surface area (Å²) in [6, 6.07) is 5.38. The molecule has 1 saturated heterocycles. The van der Waals surface area contributed by atoms with E-state index in [1.807, 2.05) is 17.0 Å². The van der Waals surface area contributed by atoms with Crippen LogP contribution in [0.2, 0.25) is 0 Å². The Morgan fingerprint density at radius 2 is 1.76 bits per heavy atom. The number of fused-ring (bicyclic) bond motifs is 2. The van der Waals surface area contributed by atoms with Gasteiger partial charge in [0.2, 0.25) is 12.5 Å². The molecule has 0 atom stereocenters. The zero-order valence-corrected chi connectivity index (χ0v) is 19.1. The summed E-state index contributed by atoms with van der Waals surface area (Å²) in [5.41, 5.74) is 2.21. The monoisotopic (exact) mass is 455 g/mol. The van der Waals surface area contributed by atoms with Gasteiger partial charge in [0.25, 0.3) is 11.5 Å². The lowest BCUT2D eigenvalue weighted by Crippen LogP contribution is -2.33. The van der Waals surface area contributed by atoms with Crippen LogP contribution >= 0.6 is 0 Å². The van der Waals surface area contributed by atoms with E-state index in [1.54, 1.807) is 11.7 Å². The Balaban J connectivity index is 1.41. The molecule has 0 saturated carbocycles. The summed E-state index contributed by atoms with van der Waals surface area (Å²) in [6.45, 7) is 4.27. The molecule has 0 radical (unpaired) electrons. The number of hydrogen-bond acceptors (Lipinski definition) is 7. The molecule has 5 rings (SSSR count). The van der Waals surface area contributed by atoms with Gasteiger partial charge in [0.1, 0.15) is 11.3 Å². The Bertz CT molecular complexity index is 1120. The van der Waals surface area contributed by atoms with Gasteiger partial charge >= 0.3 is 0 Å². The van der Waals surface area contributed by atoms with Gasteiger partial charge in [0.15, 0.2) is 11.5 Å². The highest BCUT2D eigenvalue weighted by molar-refractivity contribution is 5.98. The molecule has 9 heteroatoms. The number of likely N-dealkylation sites (tertiary alicyclic amines) is 1. The number of carbonyl (C=O) groups is 1. The first-order valence-corrected chi connectivity index (χ1v) is 11.4. The fourth-order valence-corrected chi connectivity index (χ4v) is 4.95. The van der Waals surface area contributed by atoms with Crippen LogP contribution in [0, 0.1) is 0 Å². The maximum Gasteiger partial charge on any atom is 0.259 e. The molecular formula is C24H29N3O6. The lowest BCUT2D eigenvalue weighted by atomic mass is 10.1. The topological polar surface area (TPSA) is 82.5 Å². The normalized spacial score (nSPS) is 17.6. The highest BCUT2D eigenvalue weighted by Crippen LogP contribution is 2.42. The van der Waals surface area contributed by atoms with Crippen LogP contribution in [0.15, 0.2) is 23.0 Å². The van der Waals surface area contributed by atoms with Crippen LogP contribution in [-0.4, -0.2) is 67.5 Å². The van der Waals surface area contributed by atoms with E-state index in [0.29, 0.717) is 61.2 Å². The van der Waals surface area contributed by atoms with E-state index in [2.05, 4.69) is 4.90 Å². The standard InChI is InChI=1S/C24H29N3O6/c1-30-18-13-21(28)27-10-9-25(8-5-17(27)22(18)24(29)26-6-3-4-7-26)14-16-11-19(31-2)23-20(12-16)32-15-33-23/h11-13H,3-10,14-15H2,1-2H3. The summed E-state index contributed by atoms with van der Waals surface area (Å²) >= 11 is 0. The average molecular weight is 456 g/mol. The maximum atomic E-state index is 13.4. The largest absolute Gasteiger partial charge is 0.496 e. The van der Waals surface area contributed by atoms with Crippen molar-refractivity contribution in [2.24, 2.45) is 0 Å². The molecule has 0 bridgehead atoms. The van der Waals surface area contributed by atoms with Crippen molar-refractivity contribution in [2.45, 2.75) is 32.4 Å². The van der Waals surface area contributed by atoms with Crippen LogP contribution in [0.4, 0.5) is 0 Å². The van der Waals surface area contributed by atoms with Gasteiger partial charge in [-0.25, -0.2) is 0 Å². The van der Waals surface area contributed by atoms with Crippen LogP contribution in [-0.2, 0) is 19.5 Å². The van der Waals surface area contributed by atoms with Crippen molar-refractivity contribution < 1.29 is 23.7 Å². The molecule has 1 amide bonds. The molecule has 2 aromatic rings. The predicted molar refractivity (Wildman–Crippen MR) is 120 cm³/mol. The third kappa shape index (κ3) is 4.01. The highest BCUT2D eigenvalue weighted by atomic mass is 16.7. The molecule has 1 aromatic heterocycles. The zero-order chi connectivity index (χ0) is 22.9. The minimum atomic E-state index is -0.133. The number of benzene rings is 1. The fourth-order valence-electron chi connectivity index (χ4n) is 4.95. The summed E-state index contributed by atoms with van der Waals surface area (Å²) in [7, 11) is 3.13. The Morgan fingerprint density at radius 3 is 2.52 bits per heavy atom. The molecule has 1 aromatic carbocycles. The quantitative estimate of drug-likeness (QED) is 0.681. The summed E-state index contributed by atoms with van der Waals surface area (Å²) in [6.07, 6.45) is 2.61. The maximum absolute atomic E-state index is 13.4. The number of ether oxygens (including phenoxy) is 4. The minimum Gasteiger partial charge on any atom is -0.496 e. The van der Waals surface area contributed by atoms with Crippen molar-refractivity contribution in [1.29, 1.82) is 0 Å². The van der Waals surface area contributed by atoms with Crippen molar-refractivity contribution in [3.8, 4) is 23.0 Å². The van der Waals surface area contributed by atoms with Crippen molar-refractivity contribution in [1.82, 2.24) is 14.4 Å². The Kier molecular flexibility index (Phi) is 5.88. The third-order valence-electron chi connectivity index (χ3n) is 6.64. The van der Waals surface area contributed by atoms with Crippen LogP contribution in [0.5, 0.6) is 23.0 Å². The van der Waals surface area contributed by atoms with E-state index in [4.69, 9.17) is 18.9 Å². The van der Waals surface area contributed by atoms with Crippen LogP contribution in [0.25, 0.3) is 0 Å². The summed E-state index contributed by atoms with van der Waals surface area (Å²) in [5.74, 6) is 2.30. The SMILES string of the molecule is COc1cc(CN2CCc3c(C(=O)N4CCCC4)c(OC)cc(=O)n3CC2)cc2c1OCO2. The van der Waals surface area contributed by atoms with Crippen molar-refractivity contribution in [3.63, 3.8) is 0 Å². The minimum absolute atomic E-state index is 0.0398. The second-order valence-electron chi connectivity index (χ2n) is 8.58. The molecule has 1 fully saturated rings. The number of aromatic nitrogens is 1. The van der Waals surface area contributed by atoms with Gasteiger partial charge in [-0.15, -0.1) is 0 Å². The van der Waals surface area contributed by atoms with Gasteiger partial charge in [-0.1, -0.05) is 0 Å². The van der Waals surface area contributed by atoms with E-state index in [1.165, 1.54) is 13.2 Å². The van der Waals surface area contributed by atoms with Gasteiger partial charge in [-0.05, 0) is 30.5 Å². The van der Waals surface area contributed by atoms with Crippen molar-refractivity contribution in [3.05, 3.63) is 45.4 Å². The highest BCUT2D eigenvalue weighted by Gasteiger charge is 2.29. The summed E-state index contributed by atoms with van der Waals surface area (Å²) in [5, 5.41) is 0. The molecule has 176 valence electrons. The lowest BCUT2D eigenvalue weighted by molar-refractivity contribution is 0.0787. The second kappa shape index (κ2) is 8.97. The molecular weight excluding hydrogens is 426 g/mol. The number of pyridine rings is 1. The lowest BCUT2D eigenvalue weighted by Gasteiger charge is -2.21. The molecule has 3 aliphatic rings. The van der Waals surface area contributed by atoms with E-state index >= 15 is 0 Å². The molecule has 0 spiro atoms. The number of hydrogen-bond donors (Lipinski definition) is 0. The van der Waals surface area contributed by atoms with Gasteiger partial charge in [0.05, 0.1) is 14.2 Å². The number of rotatable bonds is 5. The Morgan fingerprint density at radius 1 is 0.970 bits per heavy atom. The first-order valence-electron chi connectivity index (χ1n) is 11.4. The fraction of sp³-hybridized carbons (Fsp3) is 0.500. The first-order chi connectivity index (χ1) is 16.1. The molecule has 9 nitrogen and oxygen atoms in total. The molecule has 4 heterocycles. The van der Waals surface area contributed by atoms with Gasteiger partial charge in [-0.2, -0.15) is 0 Å². The number of amides is 1. The van der Waals surface area contributed by atoms with Gasteiger partial charge in [-0.3, -0.25) is 14.5 Å². The molecule has 3 aliphatic heterocycles. The molecule has 33 heavy (non-hydrogen) atoms. The third-order valence-corrected chi connectivity index (χ3v) is 6.64. The van der Waals surface area contributed by atoms with E-state index in [0.717, 1.165) is 37.2 Å². The summed E-state index contributed by atoms with van der Waals surface area (Å²) < 4.78 is 23.8. The van der Waals surface area contributed by atoms with Crippen LogP contribution in [0.3, 0.4) is 0 Å². The van der Waals surface area contributed by atoms with E-state index in [9.17, 15) is 9.59 Å². The first kappa shape index (κ1) is 21.6. The number of methoxy groups -OCH3 is 2. The average Bonchev–Trinajstić information content (AvgIpc) is 3.48. The predicted octanol–water partition coefficient (Wildman–Crippen LogP) is 1.89. The molecule has 0 N–H and O–H groups in total. The molecule has 0 unspecified atom stereocenters. The van der Waals surface area contributed by atoms with Crippen molar-refractivity contribution in [2.75, 3.05) is 47.2 Å². The van der Waals surface area contributed by atoms with Crippen LogP contribution < -0.4 is 24.5 Å². The molecule has 0 aliphatic carbocycles. The smallest absolute Gasteiger partial charge is 0.259 e. The van der Waals surface area contributed by atoms with E-state index < -0.39 is 0 Å². The zero-order valence-electron chi connectivity index (χ0n) is 19.1. The second-order valence-corrected chi connectivity index (χ2v) is 8.58. The van der Waals surface area contributed by atoms with E-state index in [-0.39, 0.29) is 18.3 Å². The number of nitrogens with zero attached hydrogens (tertiary/aromatic N) is 3. The Labute approximate surface area is 192 Å². The van der Waals surface area contributed by atoms with Crippen LogP contribution in [0.1, 0.15) is 34.5 Å². The Hall–Kier alpha value is -3.20. The summed E-state index contributed by atoms with van der Waals surface area (Å²) in [4.78, 5) is 30.4. The number of carbonyl (C=O) groups excluding carboxylic acids is 1. The van der Waals surface area contributed by atoms with Gasteiger partial charge in [0, 0.05) is 57.4 Å². The van der Waals surface area contributed by atoms with Gasteiger partial charge < -0.3 is 28.4 Å².